The summed E-state index contributed by atoms with van der Waals surface area (Å²) in [4.78, 5) is 2.37. The minimum absolute atomic E-state index is 1.11. The molecule has 0 spiro atoms. The summed E-state index contributed by atoms with van der Waals surface area (Å²) < 4.78 is 0. The molecule has 0 heterocycles. The van der Waals surface area contributed by atoms with Gasteiger partial charge in [-0.2, -0.15) is 0 Å². The van der Waals surface area contributed by atoms with E-state index in [1.807, 2.05) is 0 Å². The molecule has 0 radical (unpaired) electrons. The van der Waals surface area contributed by atoms with Crippen molar-refractivity contribution in [2.45, 2.75) is 0 Å². The lowest BCUT2D eigenvalue weighted by Gasteiger charge is -2.28. The molecule has 0 bridgehead atoms. The molecule has 0 aliphatic heterocycles. The average Bonchev–Trinajstić information content (AvgIpc) is 3.16. The number of hydrogen-bond donors (Lipinski definition) is 0. The van der Waals surface area contributed by atoms with Crippen LogP contribution < -0.4 is 4.90 Å². The van der Waals surface area contributed by atoms with Gasteiger partial charge in [0.2, 0.25) is 0 Å². The molecule has 0 aliphatic rings. The van der Waals surface area contributed by atoms with Crippen LogP contribution >= 0.6 is 0 Å². The van der Waals surface area contributed by atoms with E-state index >= 15 is 0 Å². The number of nitrogens with zero attached hydrogens (tertiary/aromatic N) is 1. The van der Waals surface area contributed by atoms with E-state index in [9.17, 15) is 0 Å². The summed E-state index contributed by atoms with van der Waals surface area (Å²) in [7, 11) is 0. The van der Waals surface area contributed by atoms with Crippen molar-refractivity contribution >= 4 is 27.8 Å². The van der Waals surface area contributed by atoms with Gasteiger partial charge in [0.25, 0.3) is 0 Å². The fourth-order valence-corrected chi connectivity index (χ4v) is 6.61. The van der Waals surface area contributed by atoms with Crippen LogP contribution in [-0.4, -0.2) is 0 Å². The van der Waals surface area contributed by atoms with Crippen LogP contribution in [0.25, 0.3) is 55.3 Å². The number of fused-ring (bicyclic) bond motifs is 1. The van der Waals surface area contributed by atoms with E-state index in [-0.39, 0.29) is 0 Å². The second-order valence-electron chi connectivity index (χ2n) is 11.8. The van der Waals surface area contributed by atoms with Crippen LogP contribution in [-0.2, 0) is 0 Å². The number of rotatable bonds is 7. The minimum Gasteiger partial charge on any atom is -0.310 e. The van der Waals surface area contributed by atoms with Crippen molar-refractivity contribution < 1.29 is 0 Å². The van der Waals surface area contributed by atoms with Gasteiger partial charge in [0.1, 0.15) is 0 Å². The SMILES string of the molecule is c1ccc(-c2ccccc2-c2ccccc2-c2ccccc2N(c2ccccc2)c2ccc(-c3ccc4ccccc4c3)cc2)cc1. The van der Waals surface area contributed by atoms with E-state index in [4.69, 9.17) is 0 Å². The predicted octanol–water partition coefficient (Wildman–Crippen LogP) is 13.0. The number of para-hydroxylation sites is 2. The van der Waals surface area contributed by atoms with E-state index in [1.54, 1.807) is 0 Å². The monoisotopic (exact) mass is 599 g/mol. The van der Waals surface area contributed by atoms with Crippen molar-refractivity contribution in [2.75, 3.05) is 4.90 Å². The van der Waals surface area contributed by atoms with Gasteiger partial charge in [-0.05, 0) is 86.1 Å². The lowest BCUT2D eigenvalue weighted by atomic mass is 9.88. The van der Waals surface area contributed by atoms with Crippen molar-refractivity contribution in [3.63, 3.8) is 0 Å². The molecule has 47 heavy (non-hydrogen) atoms. The van der Waals surface area contributed by atoms with Gasteiger partial charge in [0.05, 0.1) is 5.69 Å². The average molecular weight is 600 g/mol. The molecule has 0 N–H and O–H groups in total. The highest BCUT2D eigenvalue weighted by Gasteiger charge is 2.20. The van der Waals surface area contributed by atoms with Crippen LogP contribution in [0.4, 0.5) is 17.1 Å². The third-order valence-corrected chi connectivity index (χ3v) is 8.89. The molecular formula is C46H33N. The molecule has 0 fully saturated rings. The van der Waals surface area contributed by atoms with Gasteiger partial charge in [-0.25, -0.2) is 0 Å². The Balaban J connectivity index is 1.26. The molecule has 1 heteroatoms. The smallest absolute Gasteiger partial charge is 0.0540 e. The third kappa shape index (κ3) is 5.60. The Morgan fingerprint density at radius 3 is 1.43 bits per heavy atom. The van der Waals surface area contributed by atoms with Crippen LogP contribution in [0.2, 0.25) is 0 Å². The summed E-state index contributed by atoms with van der Waals surface area (Å²) in [5.41, 5.74) is 13.0. The molecule has 0 aliphatic carbocycles. The molecule has 8 aromatic rings. The standard InChI is InChI=1S/C46H33N/c1-3-16-36(17-4-1)41-21-9-10-22-42(41)43-23-11-12-24-44(43)45-25-13-14-26-46(45)47(39-19-5-2-6-20-39)40-31-29-35(30-32-40)38-28-27-34-15-7-8-18-37(34)33-38/h1-33H. The molecule has 0 amide bonds. The van der Waals surface area contributed by atoms with Gasteiger partial charge in [-0.3, -0.25) is 0 Å². The molecule has 0 saturated heterocycles. The fourth-order valence-electron chi connectivity index (χ4n) is 6.61. The van der Waals surface area contributed by atoms with Crippen molar-refractivity contribution in [2.24, 2.45) is 0 Å². The maximum Gasteiger partial charge on any atom is 0.0540 e. The largest absolute Gasteiger partial charge is 0.310 e. The topological polar surface area (TPSA) is 3.24 Å². The predicted molar refractivity (Wildman–Crippen MR) is 200 cm³/mol. The van der Waals surface area contributed by atoms with E-state index in [1.165, 1.54) is 55.3 Å². The van der Waals surface area contributed by atoms with E-state index < -0.39 is 0 Å². The Morgan fingerprint density at radius 2 is 0.723 bits per heavy atom. The van der Waals surface area contributed by atoms with Crippen LogP contribution in [0.5, 0.6) is 0 Å². The Labute approximate surface area is 276 Å². The van der Waals surface area contributed by atoms with Crippen LogP contribution in [0.15, 0.2) is 200 Å². The normalized spacial score (nSPS) is 11.0. The first-order valence-corrected chi connectivity index (χ1v) is 16.1. The Hall–Kier alpha value is -6.18. The zero-order valence-corrected chi connectivity index (χ0v) is 26.0. The highest BCUT2D eigenvalue weighted by Crippen LogP contribution is 2.45. The zero-order valence-electron chi connectivity index (χ0n) is 26.0. The quantitative estimate of drug-likeness (QED) is 0.176. The second kappa shape index (κ2) is 12.7. The second-order valence-corrected chi connectivity index (χ2v) is 11.8. The van der Waals surface area contributed by atoms with Crippen molar-refractivity contribution in [1.82, 2.24) is 0 Å². The van der Waals surface area contributed by atoms with Gasteiger partial charge in [-0.15, -0.1) is 0 Å². The Bertz CT molecular complexity index is 2290. The molecule has 222 valence electrons. The van der Waals surface area contributed by atoms with Crippen LogP contribution in [0.3, 0.4) is 0 Å². The first kappa shape index (κ1) is 28.3. The summed E-state index contributed by atoms with van der Waals surface area (Å²) in [5, 5.41) is 2.51. The lowest BCUT2D eigenvalue weighted by Crippen LogP contribution is -2.11. The first-order chi connectivity index (χ1) is 23.3. The summed E-state index contributed by atoms with van der Waals surface area (Å²) in [5.74, 6) is 0. The number of hydrogen-bond acceptors (Lipinski definition) is 1. The molecule has 0 atom stereocenters. The summed E-state index contributed by atoms with van der Waals surface area (Å²) in [6, 6.07) is 71.8. The molecule has 1 nitrogen and oxygen atoms in total. The minimum atomic E-state index is 1.11. The van der Waals surface area contributed by atoms with Crippen LogP contribution in [0, 0.1) is 0 Å². The fraction of sp³-hybridized carbons (Fsp3) is 0. The number of anilines is 3. The Morgan fingerprint density at radius 1 is 0.255 bits per heavy atom. The maximum absolute atomic E-state index is 2.37. The van der Waals surface area contributed by atoms with E-state index in [0.717, 1.165) is 17.1 Å². The lowest BCUT2D eigenvalue weighted by molar-refractivity contribution is 1.28. The van der Waals surface area contributed by atoms with Crippen molar-refractivity contribution in [1.29, 1.82) is 0 Å². The molecule has 0 saturated carbocycles. The number of benzene rings is 8. The van der Waals surface area contributed by atoms with Crippen LogP contribution in [0.1, 0.15) is 0 Å². The maximum atomic E-state index is 2.37. The third-order valence-electron chi connectivity index (χ3n) is 8.89. The van der Waals surface area contributed by atoms with Gasteiger partial charge >= 0.3 is 0 Å². The molecule has 0 unspecified atom stereocenters. The Kier molecular flexibility index (Phi) is 7.63. The molecule has 0 aromatic heterocycles. The van der Waals surface area contributed by atoms with Crippen molar-refractivity contribution in [3.8, 4) is 44.5 Å². The molecule has 8 rings (SSSR count). The summed E-state index contributed by atoms with van der Waals surface area (Å²) in [6.07, 6.45) is 0. The van der Waals surface area contributed by atoms with Crippen molar-refractivity contribution in [3.05, 3.63) is 200 Å². The first-order valence-electron chi connectivity index (χ1n) is 16.1. The molecular weight excluding hydrogens is 567 g/mol. The zero-order chi connectivity index (χ0) is 31.4. The van der Waals surface area contributed by atoms with Gasteiger partial charge < -0.3 is 4.90 Å². The summed E-state index contributed by atoms with van der Waals surface area (Å²) in [6.45, 7) is 0. The van der Waals surface area contributed by atoms with Gasteiger partial charge in [0, 0.05) is 16.9 Å². The van der Waals surface area contributed by atoms with Gasteiger partial charge in [0.15, 0.2) is 0 Å². The van der Waals surface area contributed by atoms with E-state index in [0.29, 0.717) is 0 Å². The van der Waals surface area contributed by atoms with E-state index in [2.05, 4.69) is 205 Å². The highest BCUT2D eigenvalue weighted by atomic mass is 15.1. The van der Waals surface area contributed by atoms with Gasteiger partial charge in [-0.1, -0.05) is 164 Å². The molecule has 8 aromatic carbocycles. The highest BCUT2D eigenvalue weighted by molar-refractivity contribution is 5.97. The summed E-state index contributed by atoms with van der Waals surface area (Å²) >= 11 is 0.